The summed E-state index contributed by atoms with van der Waals surface area (Å²) in [7, 11) is 1.72. The molecule has 1 heterocycles. The second-order valence-electron chi connectivity index (χ2n) is 4.90. The van der Waals surface area contributed by atoms with Gasteiger partial charge in [0.25, 0.3) is 0 Å². The first kappa shape index (κ1) is 12.3. The molecule has 0 bridgehead atoms. The van der Waals surface area contributed by atoms with Crippen molar-refractivity contribution in [3.63, 3.8) is 0 Å². The highest BCUT2D eigenvalue weighted by molar-refractivity contribution is 5.81. The van der Waals surface area contributed by atoms with E-state index in [9.17, 15) is 0 Å². The van der Waals surface area contributed by atoms with Crippen LogP contribution in [0.3, 0.4) is 0 Å². The lowest BCUT2D eigenvalue weighted by Crippen LogP contribution is -2.33. The lowest BCUT2D eigenvalue weighted by Gasteiger charge is -2.24. The lowest BCUT2D eigenvalue weighted by molar-refractivity contribution is 0.112. The van der Waals surface area contributed by atoms with Crippen LogP contribution in [-0.4, -0.2) is 49.3 Å². The van der Waals surface area contributed by atoms with Crippen LogP contribution in [0.1, 0.15) is 13.8 Å². The van der Waals surface area contributed by atoms with Crippen LogP contribution >= 0.6 is 0 Å². The minimum Gasteiger partial charge on any atom is -0.409 e. The van der Waals surface area contributed by atoms with Gasteiger partial charge in [-0.25, -0.2) is 0 Å². The quantitative estimate of drug-likeness (QED) is 0.307. The van der Waals surface area contributed by atoms with Crippen molar-refractivity contribution in [2.45, 2.75) is 13.8 Å². The van der Waals surface area contributed by atoms with E-state index in [1.165, 1.54) is 0 Å². The fraction of sp³-hybridized carbons (Fsp3) is 0.900. The Hall–Kier alpha value is -0.810. The van der Waals surface area contributed by atoms with E-state index in [1.54, 1.807) is 7.11 Å². The number of ether oxygens (including phenoxy) is 1. The van der Waals surface area contributed by atoms with Crippen LogP contribution < -0.4 is 5.73 Å². The van der Waals surface area contributed by atoms with Crippen molar-refractivity contribution in [1.29, 1.82) is 0 Å². The molecule has 1 rings (SSSR count). The molecule has 0 amide bonds. The summed E-state index contributed by atoms with van der Waals surface area (Å²) in [5.74, 6) is 0.776. The van der Waals surface area contributed by atoms with Gasteiger partial charge in [-0.05, 0) is 5.41 Å². The van der Waals surface area contributed by atoms with Crippen LogP contribution in [0, 0.1) is 11.3 Å². The summed E-state index contributed by atoms with van der Waals surface area (Å²) in [5.41, 5.74) is 5.72. The molecular formula is C10H21N3O2. The summed E-state index contributed by atoms with van der Waals surface area (Å²) in [6.07, 6.45) is 0. The van der Waals surface area contributed by atoms with Crippen LogP contribution in [0.15, 0.2) is 5.16 Å². The van der Waals surface area contributed by atoms with Gasteiger partial charge in [-0.1, -0.05) is 19.0 Å². The molecule has 0 aromatic carbocycles. The highest BCUT2D eigenvalue weighted by Gasteiger charge is 2.39. The smallest absolute Gasteiger partial charge is 0.153 e. The summed E-state index contributed by atoms with van der Waals surface area (Å²) < 4.78 is 5.20. The average Bonchev–Trinajstić information content (AvgIpc) is 2.42. The Bertz CT molecular complexity index is 241. The predicted octanol–water partition coefficient (Wildman–Crippen LogP) is 0.337. The molecule has 5 nitrogen and oxygen atoms in total. The van der Waals surface area contributed by atoms with Crippen molar-refractivity contribution < 1.29 is 9.94 Å². The maximum atomic E-state index is 8.51. The Morgan fingerprint density at radius 1 is 1.67 bits per heavy atom. The third kappa shape index (κ3) is 3.07. The minimum atomic E-state index is 0.228. The van der Waals surface area contributed by atoms with Gasteiger partial charge >= 0.3 is 0 Å². The Morgan fingerprint density at radius 2 is 2.33 bits per heavy atom. The molecule has 5 heteroatoms. The second-order valence-corrected chi connectivity index (χ2v) is 4.90. The fourth-order valence-corrected chi connectivity index (χ4v) is 2.19. The Balaban J connectivity index is 2.54. The van der Waals surface area contributed by atoms with E-state index < -0.39 is 0 Å². The number of nitrogens with zero attached hydrogens (tertiary/aromatic N) is 2. The summed E-state index contributed by atoms with van der Waals surface area (Å²) in [5, 5.41) is 11.5. The van der Waals surface area contributed by atoms with Crippen molar-refractivity contribution in [2.24, 2.45) is 22.2 Å². The summed E-state index contributed by atoms with van der Waals surface area (Å²) in [6, 6.07) is 0. The number of methoxy groups -OCH3 is 1. The standard InChI is InChI=1S/C10H21N3O2/c1-10(2)7-13(5-9(11)12-14)4-8(10)6-15-3/h8,14H,4-7H2,1-3H3,(H2,11,12)/t8-/m1/s1. The fourth-order valence-electron chi connectivity index (χ4n) is 2.19. The highest BCUT2D eigenvalue weighted by Crippen LogP contribution is 2.34. The molecule has 3 N–H and O–H groups in total. The van der Waals surface area contributed by atoms with Crippen molar-refractivity contribution in [3.8, 4) is 0 Å². The predicted molar refractivity (Wildman–Crippen MR) is 59.0 cm³/mol. The largest absolute Gasteiger partial charge is 0.409 e. The maximum absolute atomic E-state index is 8.51. The zero-order valence-electron chi connectivity index (χ0n) is 9.73. The normalized spacial score (nSPS) is 27.1. The van der Waals surface area contributed by atoms with Gasteiger partial charge < -0.3 is 15.7 Å². The number of nitrogens with two attached hydrogens (primary N) is 1. The van der Waals surface area contributed by atoms with Gasteiger partial charge in [0.05, 0.1) is 13.2 Å². The van der Waals surface area contributed by atoms with Crippen LogP contribution in [-0.2, 0) is 4.74 Å². The molecule has 0 unspecified atom stereocenters. The number of hydrogen-bond donors (Lipinski definition) is 2. The van der Waals surface area contributed by atoms with Gasteiger partial charge in [-0.15, -0.1) is 0 Å². The molecule has 0 saturated carbocycles. The summed E-state index contributed by atoms with van der Waals surface area (Å²) >= 11 is 0. The summed E-state index contributed by atoms with van der Waals surface area (Å²) in [4.78, 5) is 2.19. The van der Waals surface area contributed by atoms with E-state index >= 15 is 0 Å². The van der Waals surface area contributed by atoms with Gasteiger partial charge in [0.15, 0.2) is 5.84 Å². The first-order valence-electron chi connectivity index (χ1n) is 5.17. The molecule has 1 aliphatic rings. The second kappa shape index (κ2) is 4.81. The molecule has 88 valence electrons. The number of rotatable bonds is 4. The Labute approximate surface area is 90.9 Å². The Morgan fingerprint density at radius 3 is 2.87 bits per heavy atom. The van der Waals surface area contributed by atoms with Gasteiger partial charge in [0.2, 0.25) is 0 Å². The highest BCUT2D eigenvalue weighted by atomic mass is 16.5. The topological polar surface area (TPSA) is 71.1 Å². The van der Waals surface area contributed by atoms with Crippen molar-refractivity contribution in [3.05, 3.63) is 0 Å². The SMILES string of the molecule is COC[C@H]1CN(CC(N)=NO)CC1(C)C. The first-order chi connectivity index (χ1) is 6.99. The van der Waals surface area contributed by atoms with Crippen LogP contribution in [0.5, 0.6) is 0 Å². The Kier molecular flexibility index (Phi) is 3.93. The number of hydrogen-bond acceptors (Lipinski definition) is 4. The van der Waals surface area contributed by atoms with Gasteiger partial charge in [0, 0.05) is 26.1 Å². The monoisotopic (exact) mass is 215 g/mol. The first-order valence-corrected chi connectivity index (χ1v) is 5.17. The molecular weight excluding hydrogens is 194 g/mol. The van der Waals surface area contributed by atoms with Gasteiger partial charge in [-0.3, -0.25) is 4.90 Å². The number of oxime groups is 1. The molecule has 1 saturated heterocycles. The molecule has 0 spiro atoms. The van der Waals surface area contributed by atoms with Gasteiger partial charge in [0.1, 0.15) is 0 Å². The third-order valence-electron chi connectivity index (χ3n) is 3.10. The van der Waals surface area contributed by atoms with Crippen molar-refractivity contribution in [1.82, 2.24) is 4.90 Å². The molecule has 0 aromatic heterocycles. The zero-order valence-corrected chi connectivity index (χ0v) is 9.73. The van der Waals surface area contributed by atoms with Gasteiger partial charge in [-0.2, -0.15) is 0 Å². The van der Waals surface area contributed by atoms with E-state index in [0.29, 0.717) is 12.5 Å². The molecule has 1 aliphatic heterocycles. The number of likely N-dealkylation sites (tertiary alicyclic amines) is 1. The van der Waals surface area contributed by atoms with E-state index in [1.807, 2.05) is 0 Å². The van der Waals surface area contributed by atoms with Crippen molar-refractivity contribution >= 4 is 5.84 Å². The molecule has 0 aliphatic carbocycles. The molecule has 0 radical (unpaired) electrons. The van der Waals surface area contributed by atoms with Crippen molar-refractivity contribution in [2.75, 3.05) is 33.4 Å². The molecule has 1 atom stereocenters. The van der Waals surface area contributed by atoms with E-state index in [4.69, 9.17) is 15.7 Å². The number of amidine groups is 1. The molecule has 1 fully saturated rings. The van der Waals surface area contributed by atoms with Crippen LogP contribution in [0.4, 0.5) is 0 Å². The minimum absolute atomic E-state index is 0.228. The van der Waals surface area contributed by atoms with Crippen LogP contribution in [0.25, 0.3) is 0 Å². The summed E-state index contributed by atoms with van der Waals surface area (Å²) in [6.45, 7) is 7.64. The third-order valence-corrected chi connectivity index (χ3v) is 3.10. The lowest BCUT2D eigenvalue weighted by atomic mass is 9.83. The maximum Gasteiger partial charge on any atom is 0.153 e. The van der Waals surface area contributed by atoms with E-state index in [2.05, 4.69) is 23.9 Å². The van der Waals surface area contributed by atoms with Crippen LogP contribution in [0.2, 0.25) is 0 Å². The average molecular weight is 215 g/mol. The molecule has 0 aromatic rings. The zero-order chi connectivity index (χ0) is 11.5. The molecule has 15 heavy (non-hydrogen) atoms. The van der Waals surface area contributed by atoms with E-state index in [-0.39, 0.29) is 11.3 Å². The van der Waals surface area contributed by atoms with E-state index in [0.717, 1.165) is 19.7 Å².